The molecule has 2 aromatic carbocycles. The van der Waals surface area contributed by atoms with E-state index in [0.29, 0.717) is 13.2 Å². The lowest BCUT2D eigenvalue weighted by molar-refractivity contribution is 0.252. The fraction of sp³-hybridized carbons (Fsp3) is 0.400. The van der Waals surface area contributed by atoms with Crippen molar-refractivity contribution in [3.05, 3.63) is 47.5 Å². The van der Waals surface area contributed by atoms with E-state index in [0.717, 1.165) is 57.6 Å². The Morgan fingerprint density at radius 2 is 1.08 bits per heavy atom. The van der Waals surface area contributed by atoms with Gasteiger partial charge in [-0.05, 0) is 48.2 Å². The minimum absolute atomic E-state index is 0.615. The Morgan fingerprint density at radius 3 is 1.42 bits per heavy atom. The molecule has 0 heterocycles. The van der Waals surface area contributed by atoms with Gasteiger partial charge in [0, 0.05) is 10.7 Å². The van der Waals surface area contributed by atoms with Gasteiger partial charge in [0.1, 0.15) is 0 Å². The molecule has 0 fully saturated rings. The highest BCUT2D eigenvalue weighted by atomic mass is 79.9. The van der Waals surface area contributed by atoms with Gasteiger partial charge in [-0.2, -0.15) is 0 Å². The smallest absolute Gasteiger partial charge is 0.161 e. The van der Waals surface area contributed by atoms with Gasteiger partial charge in [-0.3, -0.25) is 0 Å². The summed E-state index contributed by atoms with van der Waals surface area (Å²) in [6.07, 6.45) is 1.78. The molecular formula is C20H24Br2O4. The summed E-state index contributed by atoms with van der Waals surface area (Å²) in [6.45, 7) is 1.23. The number of hydrogen-bond acceptors (Lipinski definition) is 4. The van der Waals surface area contributed by atoms with Crippen molar-refractivity contribution in [3.63, 3.8) is 0 Å². The maximum atomic E-state index is 5.87. The summed E-state index contributed by atoms with van der Waals surface area (Å²) in [4.78, 5) is 0. The third-order valence-electron chi connectivity index (χ3n) is 3.82. The SMILES string of the molecule is COc1ccc(CBr)cc1OCCCCOc1cc(CBr)ccc1OC. The van der Waals surface area contributed by atoms with Crippen LogP contribution in [0.4, 0.5) is 0 Å². The summed E-state index contributed by atoms with van der Waals surface area (Å²) >= 11 is 6.92. The second kappa shape index (κ2) is 11.3. The molecule has 0 bridgehead atoms. The Morgan fingerprint density at radius 1 is 0.654 bits per heavy atom. The number of unbranched alkanes of at least 4 members (excludes halogenated alkanes) is 1. The first kappa shape index (κ1) is 20.9. The van der Waals surface area contributed by atoms with Crippen LogP contribution >= 0.6 is 31.9 Å². The summed E-state index contributed by atoms with van der Waals surface area (Å²) in [6, 6.07) is 11.9. The van der Waals surface area contributed by atoms with Crippen molar-refractivity contribution in [1.82, 2.24) is 0 Å². The van der Waals surface area contributed by atoms with Gasteiger partial charge < -0.3 is 18.9 Å². The molecule has 2 rings (SSSR count). The summed E-state index contributed by atoms with van der Waals surface area (Å²) < 4.78 is 22.4. The molecule has 0 atom stereocenters. The lowest BCUT2D eigenvalue weighted by atomic mass is 10.2. The van der Waals surface area contributed by atoms with Crippen LogP contribution in [-0.2, 0) is 10.7 Å². The van der Waals surface area contributed by atoms with Crippen LogP contribution < -0.4 is 18.9 Å². The zero-order valence-corrected chi connectivity index (χ0v) is 18.3. The third kappa shape index (κ3) is 6.09. The molecule has 0 spiro atoms. The first-order chi connectivity index (χ1) is 12.7. The number of rotatable bonds is 11. The molecule has 26 heavy (non-hydrogen) atoms. The topological polar surface area (TPSA) is 36.9 Å². The Labute approximate surface area is 172 Å². The molecule has 0 aliphatic carbocycles. The molecule has 0 saturated heterocycles. The van der Waals surface area contributed by atoms with Gasteiger partial charge in [-0.25, -0.2) is 0 Å². The molecule has 0 saturated carbocycles. The van der Waals surface area contributed by atoms with Gasteiger partial charge in [0.2, 0.25) is 0 Å². The largest absolute Gasteiger partial charge is 0.493 e. The molecule has 0 N–H and O–H groups in total. The highest BCUT2D eigenvalue weighted by Gasteiger charge is 2.07. The van der Waals surface area contributed by atoms with Crippen molar-refractivity contribution in [3.8, 4) is 23.0 Å². The number of alkyl halides is 2. The summed E-state index contributed by atoms with van der Waals surface area (Å²) in [7, 11) is 3.30. The van der Waals surface area contributed by atoms with Gasteiger partial charge >= 0.3 is 0 Å². The second-order valence-electron chi connectivity index (χ2n) is 5.64. The van der Waals surface area contributed by atoms with E-state index >= 15 is 0 Å². The zero-order chi connectivity index (χ0) is 18.8. The fourth-order valence-corrected chi connectivity index (χ4v) is 3.10. The van der Waals surface area contributed by atoms with E-state index in [9.17, 15) is 0 Å². The van der Waals surface area contributed by atoms with E-state index in [1.54, 1.807) is 14.2 Å². The van der Waals surface area contributed by atoms with Crippen LogP contribution in [0.15, 0.2) is 36.4 Å². The average molecular weight is 488 g/mol. The number of methoxy groups -OCH3 is 2. The zero-order valence-electron chi connectivity index (χ0n) is 15.1. The van der Waals surface area contributed by atoms with Crippen LogP contribution in [0, 0.1) is 0 Å². The summed E-state index contributed by atoms with van der Waals surface area (Å²) in [5, 5.41) is 1.58. The Kier molecular flexibility index (Phi) is 9.12. The molecule has 2 aromatic rings. The minimum atomic E-state index is 0.615. The molecule has 4 nitrogen and oxygen atoms in total. The standard InChI is InChI=1S/C20H24Br2O4/c1-23-17-7-5-15(13-21)11-19(17)25-9-3-4-10-26-20-12-16(14-22)6-8-18(20)24-2/h5-8,11-12H,3-4,9-10,13-14H2,1-2H3. The van der Waals surface area contributed by atoms with E-state index in [2.05, 4.69) is 31.9 Å². The van der Waals surface area contributed by atoms with Crippen molar-refractivity contribution in [1.29, 1.82) is 0 Å². The Hall–Kier alpha value is -1.40. The van der Waals surface area contributed by atoms with E-state index in [1.165, 1.54) is 0 Å². The predicted molar refractivity (Wildman–Crippen MR) is 111 cm³/mol. The Balaban J connectivity index is 1.78. The van der Waals surface area contributed by atoms with Gasteiger partial charge in [0.15, 0.2) is 23.0 Å². The molecule has 0 amide bonds. The van der Waals surface area contributed by atoms with E-state index in [-0.39, 0.29) is 0 Å². The third-order valence-corrected chi connectivity index (χ3v) is 5.11. The van der Waals surface area contributed by atoms with E-state index < -0.39 is 0 Å². The van der Waals surface area contributed by atoms with Gasteiger partial charge in [-0.1, -0.05) is 44.0 Å². The number of ether oxygens (including phenoxy) is 4. The maximum Gasteiger partial charge on any atom is 0.161 e. The van der Waals surface area contributed by atoms with Gasteiger partial charge in [-0.15, -0.1) is 0 Å². The molecular weight excluding hydrogens is 464 g/mol. The highest BCUT2D eigenvalue weighted by Crippen LogP contribution is 2.30. The van der Waals surface area contributed by atoms with Crippen LogP contribution in [0.2, 0.25) is 0 Å². The van der Waals surface area contributed by atoms with Crippen molar-refractivity contribution < 1.29 is 18.9 Å². The van der Waals surface area contributed by atoms with Crippen LogP contribution in [0.1, 0.15) is 24.0 Å². The van der Waals surface area contributed by atoms with Crippen molar-refractivity contribution in [2.45, 2.75) is 23.5 Å². The van der Waals surface area contributed by atoms with Crippen molar-refractivity contribution in [2.24, 2.45) is 0 Å². The van der Waals surface area contributed by atoms with Crippen LogP contribution in [-0.4, -0.2) is 27.4 Å². The molecule has 0 unspecified atom stereocenters. The first-order valence-corrected chi connectivity index (χ1v) is 10.7. The second-order valence-corrected chi connectivity index (χ2v) is 6.76. The summed E-state index contributed by atoms with van der Waals surface area (Å²) in [5.74, 6) is 3.05. The van der Waals surface area contributed by atoms with Gasteiger partial charge in [0.25, 0.3) is 0 Å². The quantitative estimate of drug-likeness (QED) is 0.299. The van der Waals surface area contributed by atoms with E-state index in [1.807, 2.05) is 36.4 Å². The van der Waals surface area contributed by atoms with Crippen molar-refractivity contribution in [2.75, 3.05) is 27.4 Å². The normalized spacial score (nSPS) is 10.5. The first-order valence-electron chi connectivity index (χ1n) is 8.43. The molecule has 0 aliphatic heterocycles. The summed E-state index contributed by atoms with van der Waals surface area (Å²) in [5.41, 5.74) is 2.31. The van der Waals surface area contributed by atoms with Crippen LogP contribution in [0.5, 0.6) is 23.0 Å². The lowest BCUT2D eigenvalue weighted by Crippen LogP contribution is -2.04. The molecule has 0 aromatic heterocycles. The maximum absolute atomic E-state index is 5.87. The number of hydrogen-bond donors (Lipinski definition) is 0. The predicted octanol–water partition coefficient (Wildman–Crippen LogP) is 5.73. The molecule has 6 heteroatoms. The van der Waals surface area contributed by atoms with Gasteiger partial charge in [0.05, 0.1) is 27.4 Å². The van der Waals surface area contributed by atoms with E-state index in [4.69, 9.17) is 18.9 Å². The van der Waals surface area contributed by atoms with Crippen molar-refractivity contribution >= 4 is 31.9 Å². The molecule has 142 valence electrons. The fourth-order valence-electron chi connectivity index (χ4n) is 2.40. The molecule has 0 radical (unpaired) electrons. The Bertz CT molecular complexity index is 632. The number of benzene rings is 2. The monoisotopic (exact) mass is 486 g/mol. The average Bonchev–Trinajstić information content (AvgIpc) is 2.70. The minimum Gasteiger partial charge on any atom is -0.493 e. The highest BCUT2D eigenvalue weighted by molar-refractivity contribution is 9.08. The van der Waals surface area contributed by atoms with Crippen LogP contribution in [0.25, 0.3) is 0 Å². The number of halogens is 2. The molecule has 0 aliphatic rings. The lowest BCUT2D eigenvalue weighted by Gasteiger charge is -2.13. The van der Waals surface area contributed by atoms with Crippen LogP contribution in [0.3, 0.4) is 0 Å².